The van der Waals surface area contributed by atoms with Crippen molar-refractivity contribution in [3.63, 3.8) is 0 Å². The molecule has 1 aliphatic heterocycles. The number of nitro benzene ring substituents is 1. The average molecular weight is 299 g/mol. The van der Waals surface area contributed by atoms with E-state index < -0.39 is 10.7 Å². The first kappa shape index (κ1) is 15.5. The van der Waals surface area contributed by atoms with Crippen LogP contribution in [0.4, 0.5) is 15.8 Å². The van der Waals surface area contributed by atoms with Crippen LogP contribution in [0.1, 0.15) is 0 Å². The molecule has 21 heavy (non-hydrogen) atoms. The van der Waals surface area contributed by atoms with Crippen molar-refractivity contribution in [2.45, 2.75) is 0 Å². The number of nitro groups is 1. The number of ether oxygens (including phenoxy) is 2. The van der Waals surface area contributed by atoms with Gasteiger partial charge in [-0.05, 0) is 0 Å². The van der Waals surface area contributed by atoms with Crippen LogP contribution in [0.5, 0.6) is 5.75 Å². The van der Waals surface area contributed by atoms with Gasteiger partial charge in [-0.2, -0.15) is 0 Å². The van der Waals surface area contributed by atoms with Crippen LogP contribution in [0.25, 0.3) is 0 Å². The molecule has 1 heterocycles. The summed E-state index contributed by atoms with van der Waals surface area (Å²) in [5.74, 6) is -0.625. The minimum atomic E-state index is -0.667. The first-order valence-electron chi connectivity index (χ1n) is 6.67. The molecule has 0 unspecified atom stereocenters. The lowest BCUT2D eigenvalue weighted by molar-refractivity contribution is -0.385. The van der Waals surface area contributed by atoms with Crippen molar-refractivity contribution in [1.29, 1.82) is 0 Å². The minimum absolute atomic E-state index is 0.0373. The zero-order valence-corrected chi connectivity index (χ0v) is 11.8. The van der Waals surface area contributed by atoms with Crippen LogP contribution in [0.2, 0.25) is 0 Å². The number of morpholine rings is 1. The van der Waals surface area contributed by atoms with Gasteiger partial charge in [0.2, 0.25) is 0 Å². The molecular weight excluding hydrogens is 281 g/mol. The number of rotatable bonds is 6. The third kappa shape index (κ3) is 4.02. The quantitative estimate of drug-likeness (QED) is 0.633. The summed E-state index contributed by atoms with van der Waals surface area (Å²) in [7, 11) is 1.32. The van der Waals surface area contributed by atoms with Gasteiger partial charge in [-0.15, -0.1) is 0 Å². The van der Waals surface area contributed by atoms with Crippen LogP contribution in [0.3, 0.4) is 0 Å². The second-order valence-electron chi connectivity index (χ2n) is 4.64. The molecule has 7 nitrogen and oxygen atoms in total. The van der Waals surface area contributed by atoms with Crippen molar-refractivity contribution in [2.75, 3.05) is 51.8 Å². The maximum absolute atomic E-state index is 13.8. The summed E-state index contributed by atoms with van der Waals surface area (Å²) in [5.41, 5.74) is -0.181. The fourth-order valence-electron chi connectivity index (χ4n) is 2.16. The largest absolute Gasteiger partial charge is 0.490 e. The molecule has 1 aromatic carbocycles. The molecule has 0 spiro atoms. The van der Waals surface area contributed by atoms with Gasteiger partial charge < -0.3 is 14.8 Å². The predicted octanol–water partition coefficient (Wildman–Crippen LogP) is 1.49. The average Bonchev–Trinajstić information content (AvgIpc) is 2.49. The number of methoxy groups -OCH3 is 1. The molecule has 0 amide bonds. The molecule has 0 aromatic heterocycles. The zero-order valence-electron chi connectivity index (χ0n) is 11.8. The van der Waals surface area contributed by atoms with Crippen LogP contribution in [0, 0.1) is 15.9 Å². The van der Waals surface area contributed by atoms with Gasteiger partial charge in [0, 0.05) is 32.2 Å². The Morgan fingerprint density at radius 3 is 2.81 bits per heavy atom. The van der Waals surface area contributed by atoms with Gasteiger partial charge in [0.25, 0.3) is 0 Å². The number of nitrogens with zero attached hydrogens (tertiary/aromatic N) is 2. The first-order valence-corrected chi connectivity index (χ1v) is 6.67. The molecule has 2 rings (SSSR count). The van der Waals surface area contributed by atoms with Crippen LogP contribution >= 0.6 is 0 Å². The maximum atomic E-state index is 13.8. The topological polar surface area (TPSA) is 76.9 Å². The van der Waals surface area contributed by atoms with Crippen molar-refractivity contribution in [2.24, 2.45) is 0 Å². The van der Waals surface area contributed by atoms with Crippen LogP contribution in [0.15, 0.2) is 12.1 Å². The third-order valence-corrected chi connectivity index (χ3v) is 3.31. The Labute approximate surface area is 121 Å². The summed E-state index contributed by atoms with van der Waals surface area (Å²) in [6.07, 6.45) is 0. The number of anilines is 1. The highest BCUT2D eigenvalue weighted by atomic mass is 19.1. The molecule has 1 saturated heterocycles. The highest BCUT2D eigenvalue weighted by Gasteiger charge is 2.19. The molecule has 8 heteroatoms. The van der Waals surface area contributed by atoms with E-state index in [4.69, 9.17) is 9.47 Å². The fraction of sp³-hybridized carbons (Fsp3) is 0.538. The molecule has 0 radical (unpaired) electrons. The molecule has 0 bridgehead atoms. The smallest absolute Gasteiger partial charge is 0.313 e. The molecule has 1 fully saturated rings. The summed E-state index contributed by atoms with van der Waals surface area (Å²) < 4.78 is 24.0. The maximum Gasteiger partial charge on any atom is 0.313 e. The van der Waals surface area contributed by atoms with Crippen LogP contribution in [-0.2, 0) is 4.74 Å². The summed E-state index contributed by atoms with van der Waals surface area (Å²) >= 11 is 0. The lowest BCUT2D eigenvalue weighted by Gasteiger charge is -2.26. The van der Waals surface area contributed by atoms with Crippen LogP contribution in [-0.4, -0.2) is 56.3 Å². The van der Waals surface area contributed by atoms with Crippen molar-refractivity contribution >= 4 is 11.4 Å². The second kappa shape index (κ2) is 7.19. The molecular formula is C13H18FN3O4. The van der Waals surface area contributed by atoms with E-state index in [1.54, 1.807) is 0 Å². The monoisotopic (exact) mass is 299 g/mol. The Morgan fingerprint density at radius 2 is 2.19 bits per heavy atom. The molecule has 0 atom stereocenters. The standard InChI is InChI=1S/C13H18FN3O4/c1-20-13-9-11(10(14)8-12(13)17(18)19)15-2-3-16-4-6-21-7-5-16/h8-9,15H,2-7H2,1H3. The van der Waals surface area contributed by atoms with E-state index in [-0.39, 0.29) is 17.1 Å². The summed E-state index contributed by atoms with van der Waals surface area (Å²) in [5, 5.41) is 13.7. The molecule has 1 aliphatic rings. The lowest BCUT2D eigenvalue weighted by Crippen LogP contribution is -2.39. The SMILES string of the molecule is COc1cc(NCCN2CCOCC2)c(F)cc1[N+](=O)[O-]. The van der Waals surface area contributed by atoms with E-state index >= 15 is 0 Å². The number of halogens is 1. The van der Waals surface area contributed by atoms with Crippen molar-refractivity contribution in [3.05, 3.63) is 28.1 Å². The summed E-state index contributed by atoms with van der Waals surface area (Å²) in [6.45, 7) is 4.42. The van der Waals surface area contributed by atoms with E-state index in [9.17, 15) is 14.5 Å². The van der Waals surface area contributed by atoms with Crippen LogP contribution < -0.4 is 10.1 Å². The second-order valence-corrected chi connectivity index (χ2v) is 4.64. The Kier molecular flexibility index (Phi) is 5.29. The summed E-state index contributed by atoms with van der Waals surface area (Å²) in [4.78, 5) is 12.3. The molecule has 0 aliphatic carbocycles. The van der Waals surface area contributed by atoms with E-state index in [1.165, 1.54) is 13.2 Å². The van der Waals surface area contributed by atoms with E-state index in [0.717, 1.165) is 25.7 Å². The van der Waals surface area contributed by atoms with Gasteiger partial charge in [0.1, 0.15) is 0 Å². The number of hydrogen-bond acceptors (Lipinski definition) is 6. The van der Waals surface area contributed by atoms with Crippen molar-refractivity contribution < 1.29 is 18.8 Å². The molecule has 1 aromatic rings. The molecule has 116 valence electrons. The Balaban J connectivity index is 1.97. The number of nitrogens with one attached hydrogen (secondary N) is 1. The highest BCUT2D eigenvalue weighted by molar-refractivity contribution is 5.59. The van der Waals surface area contributed by atoms with Gasteiger partial charge in [-0.1, -0.05) is 0 Å². The normalized spacial score (nSPS) is 15.7. The van der Waals surface area contributed by atoms with Crippen molar-refractivity contribution in [3.8, 4) is 5.75 Å². The Morgan fingerprint density at radius 1 is 1.48 bits per heavy atom. The van der Waals surface area contributed by atoms with Gasteiger partial charge >= 0.3 is 5.69 Å². The van der Waals surface area contributed by atoms with E-state index in [1.807, 2.05) is 0 Å². The predicted molar refractivity (Wildman–Crippen MR) is 75.4 cm³/mol. The summed E-state index contributed by atoms with van der Waals surface area (Å²) in [6, 6.07) is 2.18. The zero-order chi connectivity index (χ0) is 15.2. The fourth-order valence-corrected chi connectivity index (χ4v) is 2.16. The first-order chi connectivity index (χ1) is 10.1. The Hall–Kier alpha value is -1.93. The third-order valence-electron chi connectivity index (χ3n) is 3.31. The van der Waals surface area contributed by atoms with Gasteiger partial charge in [0.05, 0.1) is 37.0 Å². The van der Waals surface area contributed by atoms with E-state index in [2.05, 4.69) is 10.2 Å². The molecule has 0 saturated carbocycles. The number of hydrogen-bond donors (Lipinski definition) is 1. The van der Waals surface area contributed by atoms with Crippen molar-refractivity contribution in [1.82, 2.24) is 4.90 Å². The van der Waals surface area contributed by atoms with Gasteiger partial charge in [0.15, 0.2) is 11.6 Å². The van der Waals surface area contributed by atoms with Gasteiger partial charge in [-0.25, -0.2) is 4.39 Å². The van der Waals surface area contributed by atoms with Gasteiger partial charge in [-0.3, -0.25) is 15.0 Å². The van der Waals surface area contributed by atoms with E-state index in [0.29, 0.717) is 19.8 Å². The Bertz CT molecular complexity index is 506. The number of benzene rings is 1. The molecule has 1 N–H and O–H groups in total. The highest BCUT2D eigenvalue weighted by Crippen LogP contribution is 2.32. The minimum Gasteiger partial charge on any atom is -0.490 e. The lowest BCUT2D eigenvalue weighted by atomic mass is 10.2.